The standard InChI is InChI=1S/C16H24/c1-2-6-10-14-13(9-5-1)15-11-7-3-4-8-12-16(14)15/h1-4,13-16H,5-12H2/b2-1-,4-3-. The van der Waals surface area contributed by atoms with Crippen LogP contribution in [-0.2, 0) is 0 Å². The minimum atomic E-state index is 1.08. The van der Waals surface area contributed by atoms with E-state index < -0.39 is 0 Å². The third-order valence-electron chi connectivity index (χ3n) is 5.20. The molecule has 0 bridgehead atoms. The van der Waals surface area contributed by atoms with E-state index in [1.165, 1.54) is 51.4 Å². The van der Waals surface area contributed by atoms with Crippen LogP contribution in [0.1, 0.15) is 51.4 Å². The van der Waals surface area contributed by atoms with Crippen LogP contribution < -0.4 is 0 Å². The van der Waals surface area contributed by atoms with Crippen molar-refractivity contribution in [3.63, 3.8) is 0 Å². The monoisotopic (exact) mass is 216 g/mol. The van der Waals surface area contributed by atoms with Gasteiger partial charge in [-0.15, -0.1) is 0 Å². The molecule has 0 saturated heterocycles. The van der Waals surface area contributed by atoms with E-state index in [1.54, 1.807) is 0 Å². The fourth-order valence-corrected chi connectivity index (χ4v) is 4.46. The molecule has 0 unspecified atom stereocenters. The number of allylic oxidation sites excluding steroid dienone is 4. The second kappa shape index (κ2) is 4.77. The topological polar surface area (TPSA) is 0 Å². The van der Waals surface area contributed by atoms with Gasteiger partial charge in [-0.1, -0.05) is 24.3 Å². The van der Waals surface area contributed by atoms with E-state index >= 15 is 0 Å². The number of hydrogen-bond donors (Lipinski definition) is 0. The summed E-state index contributed by atoms with van der Waals surface area (Å²) in [6, 6.07) is 0. The summed E-state index contributed by atoms with van der Waals surface area (Å²) in [7, 11) is 0. The quantitative estimate of drug-likeness (QED) is 0.514. The highest BCUT2D eigenvalue weighted by Crippen LogP contribution is 2.55. The summed E-state index contributed by atoms with van der Waals surface area (Å²) < 4.78 is 0. The van der Waals surface area contributed by atoms with Gasteiger partial charge in [-0.3, -0.25) is 0 Å². The van der Waals surface area contributed by atoms with Crippen LogP contribution in [0.4, 0.5) is 0 Å². The minimum Gasteiger partial charge on any atom is -0.0885 e. The average Bonchev–Trinajstić information content (AvgIpc) is 2.23. The third-order valence-corrected chi connectivity index (χ3v) is 5.20. The summed E-state index contributed by atoms with van der Waals surface area (Å²) in [5.41, 5.74) is 0. The van der Waals surface area contributed by atoms with Crippen LogP contribution in [0.2, 0.25) is 0 Å². The summed E-state index contributed by atoms with van der Waals surface area (Å²) in [5.74, 6) is 4.34. The lowest BCUT2D eigenvalue weighted by Crippen LogP contribution is -2.47. The van der Waals surface area contributed by atoms with Crippen molar-refractivity contribution in [2.75, 3.05) is 0 Å². The Balaban J connectivity index is 1.71. The first-order valence-corrected chi connectivity index (χ1v) is 7.27. The molecule has 1 fully saturated rings. The molecule has 0 aliphatic heterocycles. The molecular formula is C16H24. The van der Waals surface area contributed by atoms with E-state index in [0.29, 0.717) is 0 Å². The van der Waals surface area contributed by atoms with Crippen molar-refractivity contribution in [3.05, 3.63) is 24.3 Å². The van der Waals surface area contributed by atoms with Gasteiger partial charge >= 0.3 is 0 Å². The Kier molecular flexibility index (Phi) is 3.17. The van der Waals surface area contributed by atoms with E-state index in [1.807, 2.05) is 0 Å². The Morgan fingerprint density at radius 2 is 0.688 bits per heavy atom. The predicted octanol–water partition coefficient (Wildman–Crippen LogP) is 4.73. The molecule has 1 saturated carbocycles. The van der Waals surface area contributed by atoms with Crippen molar-refractivity contribution in [3.8, 4) is 0 Å². The SMILES string of the molecule is C1=C\CCC2C(CC/1)C1CC/C=C\CCC21. The molecule has 0 atom stereocenters. The summed E-state index contributed by atoms with van der Waals surface area (Å²) in [5, 5.41) is 0. The maximum absolute atomic E-state index is 2.42. The fraction of sp³-hybridized carbons (Fsp3) is 0.750. The van der Waals surface area contributed by atoms with Crippen molar-refractivity contribution in [1.29, 1.82) is 0 Å². The van der Waals surface area contributed by atoms with Crippen LogP contribution in [0.25, 0.3) is 0 Å². The van der Waals surface area contributed by atoms with Gasteiger partial charge in [0.2, 0.25) is 0 Å². The molecular weight excluding hydrogens is 192 g/mol. The highest BCUT2D eigenvalue weighted by Gasteiger charge is 2.47. The zero-order valence-electron chi connectivity index (χ0n) is 10.3. The third kappa shape index (κ3) is 1.87. The van der Waals surface area contributed by atoms with Crippen molar-refractivity contribution >= 4 is 0 Å². The molecule has 0 aromatic carbocycles. The summed E-state index contributed by atoms with van der Waals surface area (Å²) in [4.78, 5) is 0. The Hall–Kier alpha value is -0.520. The van der Waals surface area contributed by atoms with Gasteiger partial charge in [0.15, 0.2) is 0 Å². The first-order chi connectivity index (χ1) is 7.97. The maximum Gasteiger partial charge on any atom is -0.0348 e. The lowest BCUT2D eigenvalue weighted by Gasteiger charge is -2.54. The Labute approximate surface area is 99.8 Å². The average molecular weight is 216 g/mol. The molecule has 0 heterocycles. The van der Waals surface area contributed by atoms with Gasteiger partial charge < -0.3 is 0 Å². The van der Waals surface area contributed by atoms with Crippen LogP contribution in [0.5, 0.6) is 0 Å². The Bertz CT molecular complexity index is 220. The van der Waals surface area contributed by atoms with Gasteiger partial charge in [0.25, 0.3) is 0 Å². The van der Waals surface area contributed by atoms with Crippen molar-refractivity contribution < 1.29 is 0 Å². The maximum atomic E-state index is 2.42. The largest absolute Gasteiger partial charge is 0.0885 e. The number of fused-ring (bicyclic) bond motifs is 4. The Morgan fingerprint density at radius 1 is 0.438 bits per heavy atom. The number of hydrogen-bond acceptors (Lipinski definition) is 0. The minimum absolute atomic E-state index is 1.08. The highest BCUT2D eigenvalue weighted by atomic mass is 14.5. The van der Waals surface area contributed by atoms with Crippen molar-refractivity contribution in [2.24, 2.45) is 23.7 Å². The molecule has 0 aromatic rings. The van der Waals surface area contributed by atoms with Crippen molar-refractivity contribution in [2.45, 2.75) is 51.4 Å². The second-order valence-electron chi connectivity index (χ2n) is 5.91. The molecule has 0 nitrogen and oxygen atoms in total. The molecule has 0 aromatic heterocycles. The molecule has 16 heavy (non-hydrogen) atoms. The van der Waals surface area contributed by atoms with E-state index in [2.05, 4.69) is 24.3 Å². The smallest absolute Gasteiger partial charge is 0.0348 e. The van der Waals surface area contributed by atoms with Crippen LogP contribution in [-0.4, -0.2) is 0 Å². The summed E-state index contributed by atoms with van der Waals surface area (Å²) in [6.07, 6.45) is 21.0. The van der Waals surface area contributed by atoms with Gasteiger partial charge in [0.05, 0.1) is 0 Å². The molecule has 0 heteroatoms. The molecule has 3 aliphatic rings. The molecule has 3 rings (SSSR count). The van der Waals surface area contributed by atoms with Gasteiger partial charge in [-0.25, -0.2) is 0 Å². The van der Waals surface area contributed by atoms with E-state index in [-0.39, 0.29) is 0 Å². The summed E-state index contributed by atoms with van der Waals surface area (Å²) >= 11 is 0. The predicted molar refractivity (Wildman–Crippen MR) is 69.2 cm³/mol. The molecule has 3 aliphatic carbocycles. The van der Waals surface area contributed by atoms with E-state index in [0.717, 1.165) is 23.7 Å². The number of rotatable bonds is 0. The van der Waals surface area contributed by atoms with E-state index in [9.17, 15) is 0 Å². The van der Waals surface area contributed by atoms with Gasteiger partial charge in [-0.2, -0.15) is 0 Å². The molecule has 0 N–H and O–H groups in total. The normalized spacial score (nSPS) is 47.0. The van der Waals surface area contributed by atoms with Gasteiger partial charge in [0.1, 0.15) is 0 Å². The lowest BCUT2D eigenvalue weighted by molar-refractivity contribution is -0.0434. The highest BCUT2D eigenvalue weighted by molar-refractivity contribution is 5.03. The first-order valence-electron chi connectivity index (χ1n) is 7.27. The Morgan fingerprint density at radius 3 is 0.938 bits per heavy atom. The van der Waals surface area contributed by atoms with Crippen LogP contribution in [0, 0.1) is 23.7 Å². The lowest BCUT2D eigenvalue weighted by atomic mass is 9.51. The zero-order valence-corrected chi connectivity index (χ0v) is 10.3. The molecule has 88 valence electrons. The molecule has 0 radical (unpaired) electrons. The van der Waals surface area contributed by atoms with E-state index in [4.69, 9.17) is 0 Å². The van der Waals surface area contributed by atoms with Crippen molar-refractivity contribution in [1.82, 2.24) is 0 Å². The fourth-order valence-electron chi connectivity index (χ4n) is 4.46. The first kappa shape index (κ1) is 10.6. The molecule has 0 amide bonds. The zero-order chi connectivity index (χ0) is 10.8. The van der Waals surface area contributed by atoms with Crippen LogP contribution in [0.3, 0.4) is 0 Å². The van der Waals surface area contributed by atoms with Crippen LogP contribution in [0.15, 0.2) is 24.3 Å². The second-order valence-corrected chi connectivity index (χ2v) is 5.91. The molecule has 0 spiro atoms. The summed E-state index contributed by atoms with van der Waals surface area (Å²) in [6.45, 7) is 0. The van der Waals surface area contributed by atoms with Gasteiger partial charge in [-0.05, 0) is 75.0 Å². The van der Waals surface area contributed by atoms with Crippen LogP contribution >= 0.6 is 0 Å². The van der Waals surface area contributed by atoms with Gasteiger partial charge in [0, 0.05) is 0 Å².